The number of rotatable bonds is 1. The molecule has 4 aliphatic rings. The van der Waals surface area contributed by atoms with Gasteiger partial charge in [0.25, 0.3) is 5.91 Å². The number of carbonyl (C=O) groups excluding carboxylic acids is 2. The minimum absolute atomic E-state index is 0.0314. The van der Waals surface area contributed by atoms with Crippen LogP contribution in [0, 0.1) is 5.41 Å². The Morgan fingerprint density at radius 1 is 1.52 bits per heavy atom. The van der Waals surface area contributed by atoms with Gasteiger partial charge in [0.05, 0.1) is 18.3 Å². The highest BCUT2D eigenvalue weighted by Crippen LogP contribution is 2.49. The van der Waals surface area contributed by atoms with Crippen molar-refractivity contribution in [3.8, 4) is 0 Å². The van der Waals surface area contributed by atoms with Gasteiger partial charge in [0, 0.05) is 17.6 Å². The standard InChI is InChI=1S/C13H14N2O6/c1-3-13(20)5(16)2-4(21-3)6-8(13)11(18)9(14)7(10(6)17)12(15)19/h3-5,14,16-17,20H,2H2,1H3,(H2,15,19)/t3-,4-,5?,13+/m0/s1. The number of amides is 1. The van der Waals surface area contributed by atoms with Crippen LogP contribution in [0.15, 0.2) is 22.5 Å². The van der Waals surface area contributed by atoms with Gasteiger partial charge >= 0.3 is 0 Å². The zero-order valence-corrected chi connectivity index (χ0v) is 11.1. The average Bonchev–Trinajstić information content (AvgIpc) is 2.38. The minimum atomic E-state index is -2.02. The largest absolute Gasteiger partial charge is 0.507 e. The van der Waals surface area contributed by atoms with Crippen LogP contribution in [0.4, 0.5) is 0 Å². The van der Waals surface area contributed by atoms with Crippen LogP contribution in [0.2, 0.25) is 0 Å². The monoisotopic (exact) mass is 294 g/mol. The fourth-order valence-corrected chi connectivity index (χ4v) is 3.30. The van der Waals surface area contributed by atoms with E-state index in [9.17, 15) is 24.9 Å². The van der Waals surface area contributed by atoms with Crippen molar-refractivity contribution in [2.45, 2.75) is 37.3 Å². The van der Waals surface area contributed by atoms with E-state index in [0.29, 0.717) is 0 Å². The molecule has 0 saturated carbocycles. The van der Waals surface area contributed by atoms with Crippen molar-refractivity contribution in [3.63, 3.8) is 0 Å². The molecule has 2 bridgehead atoms. The Bertz CT molecular complexity index is 650. The summed E-state index contributed by atoms with van der Waals surface area (Å²) in [5.41, 5.74) is 1.34. The molecule has 8 nitrogen and oxygen atoms in total. The van der Waals surface area contributed by atoms with Crippen LogP contribution in [-0.2, 0) is 14.3 Å². The lowest BCUT2D eigenvalue weighted by molar-refractivity contribution is -0.211. The molecule has 2 aliphatic heterocycles. The van der Waals surface area contributed by atoms with Crippen LogP contribution >= 0.6 is 0 Å². The number of aliphatic hydroxyl groups excluding tert-OH is 2. The van der Waals surface area contributed by atoms with E-state index in [1.807, 2.05) is 0 Å². The number of nitrogens with two attached hydrogens (primary N) is 1. The van der Waals surface area contributed by atoms with E-state index >= 15 is 0 Å². The lowest BCUT2D eigenvalue weighted by atomic mass is 9.65. The molecule has 1 fully saturated rings. The summed E-state index contributed by atoms with van der Waals surface area (Å²) >= 11 is 0. The predicted octanol–water partition coefficient (Wildman–Crippen LogP) is -1.53. The van der Waals surface area contributed by atoms with Gasteiger partial charge in [-0.1, -0.05) is 0 Å². The maximum Gasteiger partial charge on any atom is 0.254 e. The van der Waals surface area contributed by atoms with Gasteiger partial charge in [-0.15, -0.1) is 0 Å². The number of fused-ring (bicyclic) bond motifs is 2. The molecule has 8 heteroatoms. The molecule has 0 radical (unpaired) electrons. The van der Waals surface area contributed by atoms with E-state index in [-0.39, 0.29) is 17.6 Å². The van der Waals surface area contributed by atoms with Crippen molar-refractivity contribution in [3.05, 3.63) is 22.5 Å². The Hall–Kier alpha value is -2.03. The molecule has 1 saturated heterocycles. The predicted molar refractivity (Wildman–Crippen MR) is 68.5 cm³/mol. The smallest absolute Gasteiger partial charge is 0.254 e. The summed E-state index contributed by atoms with van der Waals surface area (Å²) in [6.45, 7) is 1.49. The molecule has 4 atom stereocenters. The lowest BCUT2D eigenvalue weighted by Crippen LogP contribution is -2.66. The number of primary amides is 1. The topological polar surface area (TPSA) is 154 Å². The lowest BCUT2D eigenvalue weighted by Gasteiger charge is -2.52. The highest BCUT2D eigenvalue weighted by Gasteiger charge is 2.61. The molecule has 112 valence electrons. The van der Waals surface area contributed by atoms with Gasteiger partial charge < -0.3 is 25.8 Å². The molecule has 2 heterocycles. The van der Waals surface area contributed by atoms with E-state index < -0.39 is 52.6 Å². The molecule has 0 spiro atoms. The van der Waals surface area contributed by atoms with Gasteiger partial charge in [0.15, 0.2) is 0 Å². The first kappa shape index (κ1) is 13.9. The molecular formula is C13H14N2O6. The third kappa shape index (κ3) is 1.46. The van der Waals surface area contributed by atoms with Gasteiger partial charge in [0.2, 0.25) is 5.78 Å². The maximum atomic E-state index is 12.3. The highest BCUT2D eigenvalue weighted by molar-refractivity contribution is 6.56. The molecule has 1 amide bonds. The highest BCUT2D eigenvalue weighted by atomic mass is 16.5. The summed E-state index contributed by atoms with van der Waals surface area (Å²) in [7, 11) is 0. The molecular weight excluding hydrogens is 280 g/mol. The molecule has 1 unspecified atom stereocenters. The molecule has 21 heavy (non-hydrogen) atoms. The number of ketones is 1. The number of aliphatic hydroxyl groups is 3. The Kier molecular flexibility index (Phi) is 2.65. The summed E-state index contributed by atoms with van der Waals surface area (Å²) < 4.78 is 5.47. The number of ether oxygens (including phenoxy) is 1. The number of nitrogens with one attached hydrogen (secondary N) is 1. The number of hydrogen-bond donors (Lipinski definition) is 5. The summed E-state index contributed by atoms with van der Waals surface area (Å²) in [5, 5.41) is 38.6. The van der Waals surface area contributed by atoms with E-state index in [1.54, 1.807) is 0 Å². The summed E-state index contributed by atoms with van der Waals surface area (Å²) in [4.78, 5) is 23.7. The first-order valence-corrected chi connectivity index (χ1v) is 6.38. The Balaban J connectivity index is 2.33. The van der Waals surface area contributed by atoms with Gasteiger partial charge in [-0.25, -0.2) is 0 Å². The van der Waals surface area contributed by atoms with Gasteiger partial charge in [-0.2, -0.15) is 0 Å². The van der Waals surface area contributed by atoms with Crippen LogP contribution in [0.25, 0.3) is 0 Å². The van der Waals surface area contributed by atoms with Crippen molar-refractivity contribution in [2.24, 2.45) is 5.73 Å². The third-order valence-electron chi connectivity index (χ3n) is 4.37. The van der Waals surface area contributed by atoms with E-state index in [4.69, 9.17) is 15.9 Å². The zero-order chi connectivity index (χ0) is 15.7. The van der Waals surface area contributed by atoms with Crippen molar-refractivity contribution in [1.82, 2.24) is 0 Å². The maximum absolute atomic E-state index is 12.3. The molecule has 0 aromatic heterocycles. The summed E-state index contributed by atoms with van der Waals surface area (Å²) in [6, 6.07) is 0. The van der Waals surface area contributed by atoms with Crippen molar-refractivity contribution >= 4 is 17.4 Å². The molecule has 2 aliphatic carbocycles. The van der Waals surface area contributed by atoms with Gasteiger partial charge in [-0.3, -0.25) is 15.0 Å². The normalized spacial score (nSPS) is 38.9. The Morgan fingerprint density at radius 2 is 2.14 bits per heavy atom. The first-order valence-electron chi connectivity index (χ1n) is 6.38. The van der Waals surface area contributed by atoms with Crippen LogP contribution in [0.5, 0.6) is 0 Å². The minimum Gasteiger partial charge on any atom is -0.507 e. The molecule has 0 aromatic carbocycles. The van der Waals surface area contributed by atoms with Crippen LogP contribution in [-0.4, -0.2) is 56.6 Å². The van der Waals surface area contributed by atoms with Crippen LogP contribution < -0.4 is 5.73 Å². The summed E-state index contributed by atoms with van der Waals surface area (Å²) in [5.74, 6) is -2.68. The van der Waals surface area contributed by atoms with Crippen molar-refractivity contribution < 1.29 is 29.6 Å². The SMILES string of the molecule is C[C@@H]1O[C@H]2CC(O)[C@@]1(O)C1=C2C(O)=C(C(N)=O)C(=N)C1=O. The molecule has 4 rings (SSSR count). The third-order valence-corrected chi connectivity index (χ3v) is 4.37. The summed E-state index contributed by atoms with van der Waals surface area (Å²) in [6.07, 6.45) is -3.02. The van der Waals surface area contributed by atoms with E-state index in [2.05, 4.69) is 0 Å². The second kappa shape index (κ2) is 4.00. The molecule has 0 aromatic rings. The number of Topliss-reactive ketones (excluding diaryl/α,β-unsaturated/α-hetero) is 1. The second-order valence-electron chi connectivity index (χ2n) is 5.42. The average molecular weight is 294 g/mol. The fraction of sp³-hybridized carbons (Fsp3) is 0.462. The van der Waals surface area contributed by atoms with Gasteiger partial charge in [0.1, 0.15) is 22.6 Å². The Morgan fingerprint density at radius 3 is 2.67 bits per heavy atom. The Labute approximate surface area is 119 Å². The van der Waals surface area contributed by atoms with Crippen molar-refractivity contribution in [1.29, 1.82) is 5.41 Å². The first-order chi connectivity index (χ1) is 9.71. The quantitative estimate of drug-likeness (QED) is 0.369. The second-order valence-corrected chi connectivity index (χ2v) is 5.42. The van der Waals surface area contributed by atoms with Crippen molar-refractivity contribution in [2.75, 3.05) is 0 Å². The van der Waals surface area contributed by atoms with E-state index in [0.717, 1.165) is 0 Å². The van der Waals surface area contributed by atoms with Crippen LogP contribution in [0.1, 0.15) is 13.3 Å². The molecule has 6 N–H and O–H groups in total. The number of carbonyl (C=O) groups is 2. The fourth-order valence-electron chi connectivity index (χ4n) is 3.30. The zero-order valence-electron chi connectivity index (χ0n) is 11.1. The number of hydrogen-bond acceptors (Lipinski definition) is 7. The van der Waals surface area contributed by atoms with Gasteiger partial charge in [-0.05, 0) is 6.92 Å². The van der Waals surface area contributed by atoms with E-state index in [1.165, 1.54) is 6.92 Å². The van der Waals surface area contributed by atoms with Crippen LogP contribution in [0.3, 0.4) is 0 Å².